The van der Waals surface area contributed by atoms with E-state index in [4.69, 9.17) is 0 Å². The lowest BCUT2D eigenvalue weighted by Crippen LogP contribution is -2.42. The fraction of sp³-hybridized carbons (Fsp3) is 0.867. The number of carbonyl (C=O) groups excluding carboxylic acids is 2. The zero-order valence-corrected chi connectivity index (χ0v) is 13.5. The first-order valence-corrected chi connectivity index (χ1v) is 7.91. The van der Waals surface area contributed by atoms with Gasteiger partial charge in [0.25, 0.3) is 0 Å². The molecular formula is C15H28N4O2. The Kier molecular flexibility index (Phi) is 5.58. The monoisotopic (exact) mass is 296 g/mol. The van der Waals surface area contributed by atoms with E-state index in [0.29, 0.717) is 12.5 Å². The van der Waals surface area contributed by atoms with Crippen LogP contribution in [0.2, 0.25) is 0 Å². The number of carbonyl (C=O) groups is 2. The van der Waals surface area contributed by atoms with Gasteiger partial charge in [0, 0.05) is 46.8 Å². The molecule has 2 heterocycles. The molecule has 1 N–H and O–H groups in total. The minimum absolute atomic E-state index is 0.125. The molecule has 2 saturated heterocycles. The lowest BCUT2D eigenvalue weighted by Gasteiger charge is -2.26. The predicted molar refractivity (Wildman–Crippen MR) is 81.9 cm³/mol. The molecule has 6 nitrogen and oxygen atoms in total. The number of nitrogens with zero attached hydrogens (tertiary/aromatic N) is 3. The maximum atomic E-state index is 12.6. The van der Waals surface area contributed by atoms with Gasteiger partial charge in [-0.15, -0.1) is 0 Å². The Hall–Kier alpha value is -1.14. The van der Waals surface area contributed by atoms with Crippen LogP contribution in [0.5, 0.6) is 0 Å². The van der Waals surface area contributed by atoms with Crippen molar-refractivity contribution >= 4 is 11.8 Å². The highest BCUT2D eigenvalue weighted by Crippen LogP contribution is 2.19. The fourth-order valence-corrected chi connectivity index (χ4v) is 3.06. The molecule has 0 bridgehead atoms. The Balaban J connectivity index is 1.85. The molecule has 0 saturated carbocycles. The second kappa shape index (κ2) is 7.22. The van der Waals surface area contributed by atoms with Crippen LogP contribution < -0.4 is 5.32 Å². The summed E-state index contributed by atoms with van der Waals surface area (Å²) in [5, 5.41) is 3.30. The van der Waals surface area contributed by atoms with E-state index >= 15 is 0 Å². The highest BCUT2D eigenvalue weighted by Gasteiger charge is 2.33. The molecule has 21 heavy (non-hydrogen) atoms. The first-order valence-electron chi connectivity index (χ1n) is 7.91. The Bertz CT molecular complexity index is 386. The average Bonchev–Trinajstić information content (AvgIpc) is 2.73. The Labute approximate surface area is 127 Å². The SMILES string of the molecule is C[C@@H]1CNC[C@H]1C(=O)N1CCCN(CC(=O)N(C)C)CC1. The lowest BCUT2D eigenvalue weighted by atomic mass is 9.96. The highest BCUT2D eigenvalue weighted by molar-refractivity contribution is 5.80. The van der Waals surface area contributed by atoms with Crippen LogP contribution in [-0.4, -0.2) is 86.4 Å². The smallest absolute Gasteiger partial charge is 0.236 e. The number of nitrogens with one attached hydrogen (secondary N) is 1. The predicted octanol–water partition coefficient (Wildman–Crippen LogP) is -0.536. The fourth-order valence-electron chi connectivity index (χ4n) is 3.06. The van der Waals surface area contributed by atoms with Crippen molar-refractivity contribution in [1.82, 2.24) is 20.0 Å². The van der Waals surface area contributed by atoms with Gasteiger partial charge in [0.05, 0.1) is 12.5 Å². The van der Waals surface area contributed by atoms with Crippen LogP contribution in [0.1, 0.15) is 13.3 Å². The second-order valence-corrected chi connectivity index (χ2v) is 6.49. The van der Waals surface area contributed by atoms with Crippen LogP contribution in [-0.2, 0) is 9.59 Å². The van der Waals surface area contributed by atoms with Crippen molar-refractivity contribution in [2.24, 2.45) is 11.8 Å². The Morgan fingerprint density at radius 3 is 2.52 bits per heavy atom. The van der Waals surface area contributed by atoms with Crippen LogP contribution in [0, 0.1) is 11.8 Å². The minimum Gasteiger partial charge on any atom is -0.348 e. The van der Waals surface area contributed by atoms with Crippen molar-refractivity contribution in [3.8, 4) is 0 Å². The molecule has 0 aromatic carbocycles. The molecule has 2 fully saturated rings. The van der Waals surface area contributed by atoms with E-state index in [0.717, 1.165) is 45.7 Å². The van der Waals surface area contributed by atoms with Gasteiger partial charge in [0.1, 0.15) is 0 Å². The zero-order chi connectivity index (χ0) is 15.4. The summed E-state index contributed by atoms with van der Waals surface area (Å²) in [7, 11) is 3.56. The molecule has 2 rings (SSSR count). The third-order valence-electron chi connectivity index (χ3n) is 4.59. The van der Waals surface area contributed by atoms with Crippen LogP contribution in [0.3, 0.4) is 0 Å². The first-order chi connectivity index (χ1) is 9.99. The summed E-state index contributed by atoms with van der Waals surface area (Å²) in [4.78, 5) is 30.2. The van der Waals surface area contributed by atoms with Gasteiger partial charge in [0.2, 0.25) is 11.8 Å². The normalized spacial score (nSPS) is 27.5. The molecule has 2 aliphatic rings. The van der Waals surface area contributed by atoms with Gasteiger partial charge in [0.15, 0.2) is 0 Å². The minimum atomic E-state index is 0.125. The van der Waals surface area contributed by atoms with Crippen molar-refractivity contribution < 1.29 is 9.59 Å². The number of amides is 2. The van der Waals surface area contributed by atoms with Gasteiger partial charge in [-0.1, -0.05) is 6.92 Å². The molecule has 2 atom stereocenters. The molecule has 0 unspecified atom stereocenters. The van der Waals surface area contributed by atoms with Crippen LogP contribution >= 0.6 is 0 Å². The quantitative estimate of drug-likeness (QED) is 0.760. The van der Waals surface area contributed by atoms with Crippen LogP contribution in [0.25, 0.3) is 0 Å². The summed E-state index contributed by atoms with van der Waals surface area (Å²) in [6, 6.07) is 0. The summed E-state index contributed by atoms with van der Waals surface area (Å²) < 4.78 is 0. The van der Waals surface area contributed by atoms with Crippen LogP contribution in [0.15, 0.2) is 0 Å². The van der Waals surface area contributed by atoms with Crippen molar-refractivity contribution in [1.29, 1.82) is 0 Å². The largest absolute Gasteiger partial charge is 0.348 e. The molecule has 2 aliphatic heterocycles. The highest BCUT2D eigenvalue weighted by atomic mass is 16.2. The average molecular weight is 296 g/mol. The number of rotatable bonds is 3. The van der Waals surface area contributed by atoms with E-state index in [9.17, 15) is 9.59 Å². The van der Waals surface area contributed by atoms with Crippen molar-refractivity contribution in [3.63, 3.8) is 0 Å². The summed E-state index contributed by atoms with van der Waals surface area (Å²) in [5.41, 5.74) is 0. The van der Waals surface area contributed by atoms with Gasteiger partial charge >= 0.3 is 0 Å². The number of likely N-dealkylation sites (N-methyl/N-ethyl adjacent to an activating group) is 1. The molecule has 0 radical (unpaired) electrons. The van der Waals surface area contributed by atoms with Gasteiger partial charge in [-0.3, -0.25) is 14.5 Å². The summed E-state index contributed by atoms with van der Waals surface area (Å²) in [6.07, 6.45) is 0.945. The Morgan fingerprint density at radius 2 is 1.90 bits per heavy atom. The molecular weight excluding hydrogens is 268 g/mol. The van der Waals surface area contributed by atoms with Crippen molar-refractivity contribution in [2.75, 3.05) is 59.9 Å². The van der Waals surface area contributed by atoms with E-state index in [2.05, 4.69) is 17.1 Å². The zero-order valence-electron chi connectivity index (χ0n) is 13.5. The summed E-state index contributed by atoms with van der Waals surface area (Å²) in [6.45, 7) is 7.57. The third-order valence-corrected chi connectivity index (χ3v) is 4.59. The molecule has 0 aromatic rings. The summed E-state index contributed by atoms with van der Waals surface area (Å²) >= 11 is 0. The van der Waals surface area contributed by atoms with Gasteiger partial charge in [-0.2, -0.15) is 0 Å². The van der Waals surface area contributed by atoms with Crippen molar-refractivity contribution in [2.45, 2.75) is 13.3 Å². The van der Waals surface area contributed by atoms with Gasteiger partial charge in [-0.05, 0) is 18.9 Å². The molecule has 6 heteroatoms. The van der Waals surface area contributed by atoms with E-state index < -0.39 is 0 Å². The molecule has 0 aromatic heterocycles. The van der Waals surface area contributed by atoms with Crippen LogP contribution in [0.4, 0.5) is 0 Å². The van der Waals surface area contributed by atoms with Gasteiger partial charge < -0.3 is 15.1 Å². The van der Waals surface area contributed by atoms with Gasteiger partial charge in [-0.25, -0.2) is 0 Å². The number of hydrogen-bond donors (Lipinski definition) is 1. The van der Waals surface area contributed by atoms with Crippen molar-refractivity contribution in [3.05, 3.63) is 0 Å². The molecule has 0 aliphatic carbocycles. The number of hydrogen-bond acceptors (Lipinski definition) is 4. The van der Waals surface area contributed by atoms with E-state index in [1.165, 1.54) is 0 Å². The summed E-state index contributed by atoms with van der Waals surface area (Å²) in [5.74, 6) is 0.962. The molecule has 0 spiro atoms. The van der Waals surface area contributed by atoms with E-state index in [1.54, 1.807) is 19.0 Å². The lowest BCUT2D eigenvalue weighted by molar-refractivity contribution is -0.135. The third kappa shape index (κ3) is 4.17. The maximum absolute atomic E-state index is 12.6. The topological polar surface area (TPSA) is 55.9 Å². The standard InChI is InChI=1S/C15H28N4O2/c1-12-9-16-10-13(12)15(21)19-6-4-5-18(7-8-19)11-14(20)17(2)3/h12-13,16H,4-11H2,1-3H3/t12-,13-/m1/s1. The first kappa shape index (κ1) is 16.2. The Morgan fingerprint density at radius 1 is 1.14 bits per heavy atom. The second-order valence-electron chi connectivity index (χ2n) is 6.49. The maximum Gasteiger partial charge on any atom is 0.236 e. The van der Waals surface area contributed by atoms with E-state index in [1.807, 2.05) is 4.90 Å². The molecule has 120 valence electrons. The van der Waals surface area contributed by atoms with E-state index in [-0.39, 0.29) is 17.7 Å². The molecule has 2 amide bonds.